The topological polar surface area (TPSA) is 0 Å². The minimum atomic E-state index is 0.929. The van der Waals surface area contributed by atoms with Crippen molar-refractivity contribution in [1.29, 1.82) is 0 Å². The van der Waals surface area contributed by atoms with Crippen molar-refractivity contribution in [3.8, 4) is 11.8 Å². The fourth-order valence-corrected chi connectivity index (χ4v) is 0.867. The highest BCUT2D eigenvalue weighted by molar-refractivity contribution is 5.41. The molecule has 0 bridgehead atoms. The van der Waals surface area contributed by atoms with Crippen molar-refractivity contribution in [3.05, 3.63) is 23.3 Å². The van der Waals surface area contributed by atoms with Crippen LogP contribution in [-0.4, -0.2) is 0 Å². The van der Waals surface area contributed by atoms with Crippen LogP contribution in [0, 0.1) is 11.8 Å². The largest absolute Gasteiger partial charge is 0.0937 e. The molecule has 0 spiro atoms. The van der Waals surface area contributed by atoms with Gasteiger partial charge in [0.15, 0.2) is 0 Å². The third-order valence-corrected chi connectivity index (χ3v) is 1.52. The Labute approximate surface area is 56.3 Å². The van der Waals surface area contributed by atoms with E-state index in [-0.39, 0.29) is 0 Å². The predicted octanol–water partition coefficient (Wildman–Crippen LogP) is 2.29. The predicted molar refractivity (Wildman–Crippen MR) is 39.9 cm³/mol. The highest BCUT2D eigenvalue weighted by atomic mass is 14.0. The maximum Gasteiger partial charge on any atom is 0.0343 e. The van der Waals surface area contributed by atoms with Gasteiger partial charge in [0.1, 0.15) is 0 Å². The van der Waals surface area contributed by atoms with Crippen molar-refractivity contribution in [2.75, 3.05) is 0 Å². The average Bonchev–Trinajstić information content (AvgIpc) is 1.89. The van der Waals surface area contributed by atoms with Crippen molar-refractivity contribution >= 4 is 0 Å². The molecule has 0 fully saturated rings. The SMILES string of the molecule is C/C=C1/CC#CC=C1C. The molecule has 0 saturated heterocycles. The van der Waals surface area contributed by atoms with Crippen molar-refractivity contribution < 1.29 is 0 Å². The van der Waals surface area contributed by atoms with Gasteiger partial charge in [-0.3, -0.25) is 0 Å². The number of rotatable bonds is 0. The van der Waals surface area contributed by atoms with Crippen LogP contribution in [-0.2, 0) is 0 Å². The van der Waals surface area contributed by atoms with Crippen molar-refractivity contribution in [2.24, 2.45) is 0 Å². The molecule has 1 rings (SSSR count). The van der Waals surface area contributed by atoms with E-state index in [1.54, 1.807) is 0 Å². The monoisotopic (exact) mass is 118 g/mol. The van der Waals surface area contributed by atoms with Gasteiger partial charge in [-0.1, -0.05) is 17.9 Å². The lowest BCUT2D eigenvalue weighted by atomic mass is 10.0. The van der Waals surface area contributed by atoms with Crippen molar-refractivity contribution in [3.63, 3.8) is 0 Å². The molecule has 1 aliphatic rings. The first-order chi connectivity index (χ1) is 4.34. The maximum atomic E-state index is 3.02. The molecule has 0 heteroatoms. The Hall–Kier alpha value is -0.960. The van der Waals surface area contributed by atoms with E-state index in [1.165, 1.54) is 11.1 Å². The zero-order valence-electron chi connectivity index (χ0n) is 5.86. The molecule has 0 radical (unpaired) electrons. The van der Waals surface area contributed by atoms with Crippen LogP contribution in [0.25, 0.3) is 0 Å². The third kappa shape index (κ3) is 1.23. The van der Waals surface area contributed by atoms with E-state index in [4.69, 9.17) is 0 Å². The average molecular weight is 118 g/mol. The van der Waals surface area contributed by atoms with Crippen LogP contribution < -0.4 is 0 Å². The van der Waals surface area contributed by atoms with E-state index in [2.05, 4.69) is 31.8 Å². The molecule has 0 atom stereocenters. The fourth-order valence-electron chi connectivity index (χ4n) is 0.867. The highest BCUT2D eigenvalue weighted by Crippen LogP contribution is 2.14. The summed E-state index contributed by atoms with van der Waals surface area (Å²) in [6.45, 7) is 4.16. The zero-order chi connectivity index (χ0) is 6.69. The zero-order valence-corrected chi connectivity index (χ0v) is 5.86. The molecule has 0 N–H and O–H groups in total. The Kier molecular flexibility index (Phi) is 1.75. The van der Waals surface area contributed by atoms with Gasteiger partial charge in [-0.2, -0.15) is 0 Å². The molecular formula is C9H10. The van der Waals surface area contributed by atoms with Gasteiger partial charge in [-0.15, -0.1) is 0 Å². The minimum absolute atomic E-state index is 0.929. The molecule has 0 heterocycles. The van der Waals surface area contributed by atoms with Crippen LogP contribution in [0.4, 0.5) is 0 Å². The van der Waals surface area contributed by atoms with Crippen LogP contribution in [0.1, 0.15) is 20.3 Å². The molecule has 0 aromatic carbocycles. The van der Waals surface area contributed by atoms with Gasteiger partial charge in [0.25, 0.3) is 0 Å². The first-order valence-electron chi connectivity index (χ1n) is 3.15. The summed E-state index contributed by atoms with van der Waals surface area (Å²) in [7, 11) is 0. The van der Waals surface area contributed by atoms with Gasteiger partial charge in [-0.05, 0) is 31.1 Å². The molecule has 0 amide bonds. The molecule has 0 unspecified atom stereocenters. The first kappa shape index (κ1) is 6.16. The Bertz CT molecular complexity index is 218. The quantitative estimate of drug-likeness (QED) is 0.428. The fraction of sp³-hybridized carbons (Fsp3) is 0.333. The van der Waals surface area contributed by atoms with Crippen LogP contribution in [0.3, 0.4) is 0 Å². The second-order valence-corrected chi connectivity index (χ2v) is 2.14. The lowest BCUT2D eigenvalue weighted by Gasteiger charge is -2.03. The van der Waals surface area contributed by atoms with E-state index in [1.807, 2.05) is 6.08 Å². The molecule has 1 aliphatic carbocycles. The number of hydrogen-bond acceptors (Lipinski definition) is 0. The van der Waals surface area contributed by atoms with Gasteiger partial charge in [0.2, 0.25) is 0 Å². The summed E-state index contributed by atoms with van der Waals surface area (Å²) < 4.78 is 0. The molecule has 0 saturated carbocycles. The van der Waals surface area contributed by atoms with E-state index >= 15 is 0 Å². The first-order valence-corrected chi connectivity index (χ1v) is 3.15. The Morgan fingerprint density at radius 1 is 1.67 bits per heavy atom. The van der Waals surface area contributed by atoms with Crippen molar-refractivity contribution in [2.45, 2.75) is 20.3 Å². The third-order valence-electron chi connectivity index (χ3n) is 1.52. The number of allylic oxidation sites excluding steroid dienone is 4. The van der Waals surface area contributed by atoms with Crippen LogP contribution in [0.5, 0.6) is 0 Å². The summed E-state index contributed by atoms with van der Waals surface area (Å²) >= 11 is 0. The summed E-state index contributed by atoms with van der Waals surface area (Å²) in [5.41, 5.74) is 2.69. The summed E-state index contributed by atoms with van der Waals surface area (Å²) in [5.74, 6) is 5.97. The maximum absolute atomic E-state index is 3.02. The van der Waals surface area contributed by atoms with Crippen molar-refractivity contribution in [1.82, 2.24) is 0 Å². The molecule has 0 aromatic rings. The Morgan fingerprint density at radius 2 is 2.44 bits per heavy atom. The van der Waals surface area contributed by atoms with Gasteiger partial charge < -0.3 is 0 Å². The van der Waals surface area contributed by atoms with E-state index < -0.39 is 0 Å². The lowest BCUT2D eigenvalue weighted by molar-refractivity contribution is 1.22. The second-order valence-electron chi connectivity index (χ2n) is 2.14. The summed E-state index contributed by atoms with van der Waals surface area (Å²) in [5, 5.41) is 0. The molecule has 0 aromatic heterocycles. The van der Waals surface area contributed by atoms with E-state index in [9.17, 15) is 0 Å². The molecule has 46 valence electrons. The smallest absolute Gasteiger partial charge is 0.0343 e. The summed E-state index contributed by atoms with van der Waals surface area (Å²) in [4.78, 5) is 0. The standard InChI is InChI=1S/C9H10/c1-3-9-7-5-4-6-8(9)2/h3,6H,7H2,1-2H3/b9-3-. The summed E-state index contributed by atoms with van der Waals surface area (Å²) in [6, 6.07) is 0. The van der Waals surface area contributed by atoms with Gasteiger partial charge >= 0.3 is 0 Å². The second kappa shape index (κ2) is 2.55. The van der Waals surface area contributed by atoms with Gasteiger partial charge in [0, 0.05) is 6.42 Å². The van der Waals surface area contributed by atoms with Gasteiger partial charge in [-0.25, -0.2) is 0 Å². The number of hydrogen-bond donors (Lipinski definition) is 0. The van der Waals surface area contributed by atoms with Crippen LogP contribution in [0.15, 0.2) is 23.3 Å². The summed E-state index contributed by atoms with van der Waals surface area (Å²) in [6.07, 6.45) is 5.03. The molecule has 0 aliphatic heterocycles. The van der Waals surface area contributed by atoms with Gasteiger partial charge in [0.05, 0.1) is 0 Å². The molecular weight excluding hydrogens is 108 g/mol. The lowest BCUT2D eigenvalue weighted by Crippen LogP contribution is -1.86. The normalized spacial score (nSPS) is 20.7. The highest BCUT2D eigenvalue weighted by Gasteiger charge is 1.97. The van der Waals surface area contributed by atoms with Crippen LogP contribution >= 0.6 is 0 Å². The van der Waals surface area contributed by atoms with E-state index in [0.29, 0.717) is 0 Å². The Morgan fingerprint density at radius 3 is 2.89 bits per heavy atom. The molecule has 9 heavy (non-hydrogen) atoms. The van der Waals surface area contributed by atoms with Crippen LogP contribution in [0.2, 0.25) is 0 Å². The Balaban J connectivity index is 2.89. The molecule has 0 nitrogen and oxygen atoms in total. The minimum Gasteiger partial charge on any atom is -0.0937 e. The van der Waals surface area contributed by atoms with E-state index in [0.717, 1.165) is 6.42 Å².